The number of rotatable bonds is 8. The summed E-state index contributed by atoms with van der Waals surface area (Å²) in [6, 6.07) is 7.42. The van der Waals surface area contributed by atoms with Gasteiger partial charge in [-0.2, -0.15) is 0 Å². The fourth-order valence-corrected chi connectivity index (χ4v) is 4.48. The van der Waals surface area contributed by atoms with Crippen molar-refractivity contribution in [3.63, 3.8) is 0 Å². The van der Waals surface area contributed by atoms with E-state index in [4.69, 9.17) is 0 Å². The van der Waals surface area contributed by atoms with Gasteiger partial charge in [0.15, 0.2) is 10.1 Å². The van der Waals surface area contributed by atoms with E-state index in [1.165, 1.54) is 34.4 Å². The van der Waals surface area contributed by atoms with Crippen molar-refractivity contribution in [3.05, 3.63) is 63.6 Å². The minimum Gasteiger partial charge on any atom is -0.352 e. The molecule has 0 unspecified atom stereocenters. The Labute approximate surface area is 157 Å². The molecule has 0 aliphatic heterocycles. The Kier molecular flexibility index (Phi) is 6.32. The summed E-state index contributed by atoms with van der Waals surface area (Å²) in [7, 11) is 0. The van der Waals surface area contributed by atoms with E-state index in [0.717, 1.165) is 20.5 Å². The lowest BCUT2D eigenvalue weighted by molar-refractivity contribution is -0.120. The lowest BCUT2D eigenvalue weighted by atomic mass is 10.2. The van der Waals surface area contributed by atoms with Crippen LogP contribution in [-0.2, 0) is 17.8 Å². The van der Waals surface area contributed by atoms with E-state index in [0.29, 0.717) is 12.3 Å². The van der Waals surface area contributed by atoms with E-state index in [-0.39, 0.29) is 18.1 Å². The molecule has 3 rings (SSSR count). The molecular formula is C17H15N3O2S3. The third-order valence-electron chi connectivity index (χ3n) is 3.23. The maximum Gasteiger partial charge on any atom is 0.226 e. The van der Waals surface area contributed by atoms with Crippen molar-refractivity contribution in [2.75, 3.05) is 5.75 Å². The Balaban J connectivity index is 1.45. The number of carbonyl (C=O) groups is 2. The van der Waals surface area contributed by atoms with E-state index >= 15 is 0 Å². The molecule has 3 heterocycles. The van der Waals surface area contributed by atoms with Crippen LogP contribution in [0.15, 0.2) is 51.8 Å². The SMILES string of the molecule is O=C(Cc1csc(SCC(=O)c2cccs2)n1)NCc1ccncc1. The summed E-state index contributed by atoms with van der Waals surface area (Å²) in [5, 5.41) is 6.62. The summed E-state index contributed by atoms with van der Waals surface area (Å²) in [5.74, 6) is 0.391. The van der Waals surface area contributed by atoms with Crippen molar-refractivity contribution in [1.82, 2.24) is 15.3 Å². The monoisotopic (exact) mass is 389 g/mol. The van der Waals surface area contributed by atoms with Crippen molar-refractivity contribution in [1.29, 1.82) is 0 Å². The maximum absolute atomic E-state index is 12.0. The molecule has 1 amide bonds. The smallest absolute Gasteiger partial charge is 0.226 e. The number of amides is 1. The van der Waals surface area contributed by atoms with Gasteiger partial charge in [0.05, 0.1) is 22.7 Å². The normalized spacial score (nSPS) is 10.6. The van der Waals surface area contributed by atoms with Gasteiger partial charge in [0, 0.05) is 24.3 Å². The Morgan fingerprint density at radius 3 is 2.76 bits per heavy atom. The topological polar surface area (TPSA) is 72.0 Å². The first-order valence-electron chi connectivity index (χ1n) is 7.50. The molecule has 5 nitrogen and oxygen atoms in total. The van der Waals surface area contributed by atoms with Gasteiger partial charge >= 0.3 is 0 Å². The Morgan fingerprint density at radius 2 is 2.00 bits per heavy atom. The first-order chi connectivity index (χ1) is 12.2. The molecule has 25 heavy (non-hydrogen) atoms. The predicted octanol–water partition coefficient (Wildman–Crippen LogP) is 3.43. The summed E-state index contributed by atoms with van der Waals surface area (Å²) in [5.41, 5.74) is 1.73. The van der Waals surface area contributed by atoms with E-state index in [1.54, 1.807) is 12.4 Å². The summed E-state index contributed by atoms with van der Waals surface area (Å²) < 4.78 is 0.807. The van der Waals surface area contributed by atoms with Crippen molar-refractivity contribution in [2.24, 2.45) is 0 Å². The standard InChI is InChI=1S/C17H15N3O2S3/c21-14(15-2-1-7-23-15)11-25-17-20-13(10-24-17)8-16(22)19-9-12-3-5-18-6-4-12/h1-7,10H,8-9,11H2,(H,19,22). The van der Waals surface area contributed by atoms with Crippen LogP contribution in [0.4, 0.5) is 0 Å². The molecule has 0 radical (unpaired) electrons. The highest BCUT2D eigenvalue weighted by molar-refractivity contribution is 8.01. The molecule has 1 N–H and O–H groups in total. The van der Waals surface area contributed by atoms with Crippen molar-refractivity contribution in [2.45, 2.75) is 17.3 Å². The predicted molar refractivity (Wildman–Crippen MR) is 101 cm³/mol. The number of thiazole rings is 1. The zero-order valence-corrected chi connectivity index (χ0v) is 15.6. The Bertz CT molecular complexity index is 832. The van der Waals surface area contributed by atoms with Crippen molar-refractivity contribution in [3.8, 4) is 0 Å². The molecule has 0 bridgehead atoms. The van der Waals surface area contributed by atoms with Crippen LogP contribution in [0.1, 0.15) is 20.9 Å². The highest BCUT2D eigenvalue weighted by atomic mass is 32.2. The van der Waals surface area contributed by atoms with Crippen LogP contribution in [0.3, 0.4) is 0 Å². The van der Waals surface area contributed by atoms with Gasteiger partial charge in [0.1, 0.15) is 0 Å². The van der Waals surface area contributed by atoms with E-state index < -0.39 is 0 Å². The Hall–Kier alpha value is -2.03. The largest absolute Gasteiger partial charge is 0.352 e. The van der Waals surface area contributed by atoms with E-state index in [9.17, 15) is 9.59 Å². The second-order valence-corrected chi connectivity index (χ2v) is 8.13. The van der Waals surface area contributed by atoms with Crippen LogP contribution in [0.5, 0.6) is 0 Å². The highest BCUT2D eigenvalue weighted by Crippen LogP contribution is 2.24. The van der Waals surface area contributed by atoms with Crippen LogP contribution in [-0.4, -0.2) is 27.4 Å². The molecule has 0 fully saturated rings. The first-order valence-corrected chi connectivity index (χ1v) is 10.2. The van der Waals surface area contributed by atoms with Gasteiger partial charge in [0.2, 0.25) is 5.91 Å². The number of Topliss-reactive ketones (excluding diaryl/α,β-unsaturated/α-hetero) is 1. The van der Waals surface area contributed by atoms with E-state index in [1.807, 2.05) is 35.0 Å². The molecule has 0 aliphatic carbocycles. The fourth-order valence-electron chi connectivity index (χ4n) is 2.00. The highest BCUT2D eigenvalue weighted by Gasteiger charge is 2.11. The fraction of sp³-hybridized carbons (Fsp3) is 0.176. The van der Waals surface area contributed by atoms with Crippen LogP contribution < -0.4 is 5.32 Å². The number of nitrogens with zero attached hydrogens (tertiary/aromatic N) is 2. The maximum atomic E-state index is 12.0. The minimum atomic E-state index is -0.0756. The number of carbonyl (C=O) groups excluding carboxylic acids is 2. The minimum absolute atomic E-state index is 0.0756. The van der Waals surface area contributed by atoms with Gasteiger partial charge in [-0.3, -0.25) is 14.6 Å². The van der Waals surface area contributed by atoms with Gasteiger partial charge in [-0.1, -0.05) is 17.8 Å². The molecule has 0 aliphatic rings. The van der Waals surface area contributed by atoms with Gasteiger partial charge in [-0.15, -0.1) is 22.7 Å². The van der Waals surface area contributed by atoms with Gasteiger partial charge in [0.25, 0.3) is 0 Å². The number of nitrogens with one attached hydrogen (secondary N) is 1. The molecule has 0 saturated heterocycles. The zero-order chi connectivity index (χ0) is 17.5. The van der Waals surface area contributed by atoms with Crippen LogP contribution in [0, 0.1) is 0 Å². The van der Waals surface area contributed by atoms with E-state index in [2.05, 4.69) is 15.3 Å². The molecule has 3 aromatic heterocycles. The molecule has 0 aromatic carbocycles. The van der Waals surface area contributed by atoms with Crippen molar-refractivity contribution >= 4 is 46.1 Å². The number of hydrogen-bond acceptors (Lipinski definition) is 7. The first kappa shape index (κ1) is 17.8. The number of hydrogen-bond donors (Lipinski definition) is 1. The second kappa shape index (κ2) is 8.89. The third-order valence-corrected chi connectivity index (χ3v) is 6.21. The molecule has 8 heteroatoms. The number of thiophene rings is 1. The molecular weight excluding hydrogens is 374 g/mol. The number of thioether (sulfide) groups is 1. The lowest BCUT2D eigenvalue weighted by Gasteiger charge is -2.03. The molecule has 128 valence electrons. The summed E-state index contributed by atoms with van der Waals surface area (Å²) in [6.45, 7) is 0.475. The lowest BCUT2D eigenvalue weighted by Crippen LogP contribution is -2.24. The number of ketones is 1. The van der Waals surface area contributed by atoms with Crippen LogP contribution in [0.2, 0.25) is 0 Å². The number of pyridine rings is 1. The van der Waals surface area contributed by atoms with Gasteiger partial charge in [-0.05, 0) is 29.1 Å². The second-order valence-electron chi connectivity index (χ2n) is 5.10. The number of aromatic nitrogens is 2. The molecule has 0 spiro atoms. The zero-order valence-electron chi connectivity index (χ0n) is 13.2. The summed E-state index contributed by atoms with van der Waals surface area (Å²) in [6.07, 6.45) is 3.63. The van der Waals surface area contributed by atoms with Gasteiger partial charge < -0.3 is 5.32 Å². The summed E-state index contributed by atoms with van der Waals surface area (Å²) >= 11 is 4.32. The van der Waals surface area contributed by atoms with Gasteiger partial charge in [-0.25, -0.2) is 4.98 Å². The van der Waals surface area contributed by atoms with Crippen LogP contribution >= 0.6 is 34.4 Å². The summed E-state index contributed by atoms with van der Waals surface area (Å²) in [4.78, 5) is 33.1. The molecule has 0 atom stereocenters. The van der Waals surface area contributed by atoms with Crippen molar-refractivity contribution < 1.29 is 9.59 Å². The average molecular weight is 390 g/mol. The molecule has 3 aromatic rings. The van der Waals surface area contributed by atoms with Crippen LogP contribution in [0.25, 0.3) is 0 Å². The average Bonchev–Trinajstić information content (AvgIpc) is 3.31. The molecule has 0 saturated carbocycles. The quantitative estimate of drug-likeness (QED) is 0.472. The third kappa shape index (κ3) is 5.48. The Morgan fingerprint density at radius 1 is 1.16 bits per heavy atom.